The topological polar surface area (TPSA) is 32.7 Å². The summed E-state index contributed by atoms with van der Waals surface area (Å²) in [6, 6.07) is 0. The van der Waals surface area contributed by atoms with E-state index >= 15 is 0 Å². The number of hydrogen-bond donors (Lipinski definition) is 1. The fraction of sp³-hybridized carbons (Fsp3) is 1.00. The molecule has 1 heterocycles. The molecule has 3 heteroatoms. The largest absolute Gasteiger partial charge is 0.392 e. The van der Waals surface area contributed by atoms with Gasteiger partial charge in [-0.25, -0.2) is 0 Å². The van der Waals surface area contributed by atoms with Crippen LogP contribution in [-0.4, -0.2) is 49.0 Å². The molecule has 1 unspecified atom stereocenters. The van der Waals surface area contributed by atoms with E-state index in [4.69, 9.17) is 4.74 Å². The fourth-order valence-corrected chi connectivity index (χ4v) is 2.13. The van der Waals surface area contributed by atoms with Crippen molar-refractivity contribution in [3.63, 3.8) is 0 Å². The van der Waals surface area contributed by atoms with Gasteiger partial charge in [-0.3, -0.25) is 0 Å². The van der Waals surface area contributed by atoms with E-state index < -0.39 is 0 Å². The van der Waals surface area contributed by atoms with Crippen LogP contribution >= 0.6 is 0 Å². The first-order valence-corrected chi connectivity index (χ1v) is 5.37. The number of hydrogen-bond acceptors (Lipinski definition) is 3. The minimum absolute atomic E-state index is 0.0593. The van der Waals surface area contributed by atoms with Gasteiger partial charge in [0, 0.05) is 13.2 Å². The molecule has 1 saturated heterocycles. The summed E-state index contributed by atoms with van der Waals surface area (Å²) < 4.78 is 5.63. The Morgan fingerprint density at radius 2 is 2.14 bits per heavy atom. The van der Waals surface area contributed by atoms with Crippen LogP contribution in [0.4, 0.5) is 0 Å². The standard InChI is InChI=1S/C11H23NO2/c1-11(2)7-9(5-6-14-11)10(13)8-12(3)4/h9-10,13H,5-8H2,1-4H3/t9-,10?/m0/s1. The molecule has 1 rings (SSSR count). The average Bonchev–Trinajstić information content (AvgIpc) is 2.01. The Morgan fingerprint density at radius 3 is 2.64 bits per heavy atom. The highest BCUT2D eigenvalue weighted by molar-refractivity contribution is 4.83. The third kappa shape index (κ3) is 3.56. The number of ether oxygens (including phenoxy) is 1. The summed E-state index contributed by atoms with van der Waals surface area (Å²) in [5, 5.41) is 9.98. The molecule has 1 aliphatic rings. The molecular weight excluding hydrogens is 178 g/mol. The van der Waals surface area contributed by atoms with Crippen molar-refractivity contribution in [1.29, 1.82) is 0 Å². The Bertz CT molecular complexity index is 180. The van der Waals surface area contributed by atoms with Gasteiger partial charge in [0.15, 0.2) is 0 Å². The van der Waals surface area contributed by atoms with E-state index in [0.29, 0.717) is 5.92 Å². The van der Waals surface area contributed by atoms with Crippen LogP contribution in [0.2, 0.25) is 0 Å². The zero-order valence-corrected chi connectivity index (χ0v) is 9.79. The molecule has 0 aromatic carbocycles. The molecule has 1 fully saturated rings. The summed E-state index contributed by atoms with van der Waals surface area (Å²) in [6.45, 7) is 5.73. The second kappa shape index (κ2) is 4.60. The molecule has 0 amide bonds. The lowest BCUT2D eigenvalue weighted by atomic mass is 9.84. The van der Waals surface area contributed by atoms with Crippen LogP contribution in [0, 0.1) is 5.92 Å². The number of rotatable bonds is 3. The second-order valence-electron chi connectivity index (χ2n) is 5.19. The maximum atomic E-state index is 9.98. The Kier molecular flexibility index (Phi) is 3.93. The summed E-state index contributed by atoms with van der Waals surface area (Å²) >= 11 is 0. The third-order valence-corrected chi connectivity index (χ3v) is 2.83. The molecule has 1 aliphatic heterocycles. The number of likely N-dealkylation sites (N-methyl/N-ethyl adjacent to an activating group) is 1. The summed E-state index contributed by atoms with van der Waals surface area (Å²) in [5.41, 5.74) is -0.0593. The van der Waals surface area contributed by atoms with Gasteiger partial charge in [-0.1, -0.05) is 0 Å². The van der Waals surface area contributed by atoms with Gasteiger partial charge in [-0.05, 0) is 46.7 Å². The number of aliphatic hydroxyl groups excluding tert-OH is 1. The molecule has 0 bridgehead atoms. The van der Waals surface area contributed by atoms with Gasteiger partial charge in [0.1, 0.15) is 0 Å². The molecule has 84 valence electrons. The van der Waals surface area contributed by atoms with E-state index in [1.54, 1.807) is 0 Å². The molecule has 0 saturated carbocycles. The van der Waals surface area contributed by atoms with Gasteiger partial charge in [0.05, 0.1) is 11.7 Å². The van der Waals surface area contributed by atoms with Crippen LogP contribution in [0.3, 0.4) is 0 Å². The van der Waals surface area contributed by atoms with Gasteiger partial charge in [-0.15, -0.1) is 0 Å². The second-order valence-corrected chi connectivity index (χ2v) is 5.19. The first-order valence-electron chi connectivity index (χ1n) is 5.37. The van der Waals surface area contributed by atoms with Gasteiger partial charge in [0.2, 0.25) is 0 Å². The smallest absolute Gasteiger partial charge is 0.0696 e. The maximum absolute atomic E-state index is 9.98. The molecule has 3 nitrogen and oxygen atoms in total. The first-order chi connectivity index (χ1) is 6.41. The normalized spacial score (nSPS) is 29.1. The Hall–Kier alpha value is -0.120. The van der Waals surface area contributed by atoms with Crippen molar-refractivity contribution in [3.05, 3.63) is 0 Å². The SMILES string of the molecule is CN(C)CC(O)[C@H]1CCOC(C)(C)C1. The van der Waals surface area contributed by atoms with Crippen molar-refractivity contribution >= 4 is 0 Å². The third-order valence-electron chi connectivity index (χ3n) is 2.83. The first kappa shape index (κ1) is 12.0. The quantitative estimate of drug-likeness (QED) is 0.742. The van der Waals surface area contributed by atoms with Gasteiger partial charge < -0.3 is 14.7 Å². The zero-order valence-electron chi connectivity index (χ0n) is 9.79. The maximum Gasteiger partial charge on any atom is 0.0696 e. The van der Waals surface area contributed by atoms with Crippen LogP contribution in [-0.2, 0) is 4.74 Å². The van der Waals surface area contributed by atoms with Gasteiger partial charge in [-0.2, -0.15) is 0 Å². The summed E-state index contributed by atoms with van der Waals surface area (Å²) in [5.74, 6) is 0.390. The summed E-state index contributed by atoms with van der Waals surface area (Å²) in [4.78, 5) is 2.03. The molecule has 0 aliphatic carbocycles. The molecular formula is C11H23NO2. The van der Waals surface area contributed by atoms with E-state index in [1.165, 1.54) is 0 Å². The van der Waals surface area contributed by atoms with E-state index in [0.717, 1.165) is 26.0 Å². The minimum Gasteiger partial charge on any atom is -0.392 e. The minimum atomic E-state index is -0.215. The molecule has 0 aromatic rings. The van der Waals surface area contributed by atoms with Crippen LogP contribution in [0.15, 0.2) is 0 Å². The van der Waals surface area contributed by atoms with Crippen molar-refractivity contribution in [2.75, 3.05) is 27.2 Å². The average molecular weight is 201 g/mol. The molecule has 0 aromatic heterocycles. The molecule has 0 spiro atoms. The van der Waals surface area contributed by atoms with E-state index in [2.05, 4.69) is 13.8 Å². The highest BCUT2D eigenvalue weighted by Gasteiger charge is 2.32. The predicted molar refractivity (Wildman–Crippen MR) is 57.3 cm³/mol. The van der Waals surface area contributed by atoms with Gasteiger partial charge in [0.25, 0.3) is 0 Å². The van der Waals surface area contributed by atoms with Crippen LogP contribution in [0.5, 0.6) is 0 Å². The van der Waals surface area contributed by atoms with Crippen molar-refractivity contribution < 1.29 is 9.84 Å². The van der Waals surface area contributed by atoms with E-state index in [-0.39, 0.29) is 11.7 Å². The Morgan fingerprint density at radius 1 is 1.50 bits per heavy atom. The number of aliphatic hydroxyl groups is 1. The van der Waals surface area contributed by atoms with Crippen LogP contribution in [0.25, 0.3) is 0 Å². The lowest BCUT2D eigenvalue weighted by Crippen LogP contribution is -2.41. The van der Waals surface area contributed by atoms with Crippen molar-refractivity contribution in [2.45, 2.75) is 38.4 Å². The highest BCUT2D eigenvalue weighted by Crippen LogP contribution is 2.30. The Labute approximate surface area is 87.1 Å². The lowest BCUT2D eigenvalue weighted by molar-refractivity contribution is -0.0972. The monoisotopic (exact) mass is 201 g/mol. The zero-order chi connectivity index (χ0) is 10.8. The van der Waals surface area contributed by atoms with Gasteiger partial charge >= 0.3 is 0 Å². The lowest BCUT2D eigenvalue weighted by Gasteiger charge is -2.38. The molecule has 14 heavy (non-hydrogen) atoms. The highest BCUT2D eigenvalue weighted by atomic mass is 16.5. The predicted octanol–water partition coefficient (Wildman–Crippen LogP) is 1.11. The molecule has 0 radical (unpaired) electrons. The number of nitrogens with zero attached hydrogens (tertiary/aromatic N) is 1. The van der Waals surface area contributed by atoms with Crippen molar-refractivity contribution in [2.24, 2.45) is 5.92 Å². The van der Waals surface area contributed by atoms with E-state index in [9.17, 15) is 5.11 Å². The fourth-order valence-electron chi connectivity index (χ4n) is 2.13. The van der Waals surface area contributed by atoms with Crippen molar-refractivity contribution in [1.82, 2.24) is 4.90 Å². The summed E-state index contributed by atoms with van der Waals surface area (Å²) in [6.07, 6.45) is 1.73. The molecule has 1 N–H and O–H groups in total. The molecule has 2 atom stereocenters. The Balaban J connectivity index is 2.43. The van der Waals surface area contributed by atoms with Crippen molar-refractivity contribution in [3.8, 4) is 0 Å². The van der Waals surface area contributed by atoms with Crippen LogP contribution in [0.1, 0.15) is 26.7 Å². The van der Waals surface area contributed by atoms with E-state index in [1.807, 2.05) is 19.0 Å². The summed E-state index contributed by atoms with van der Waals surface area (Å²) in [7, 11) is 3.99. The van der Waals surface area contributed by atoms with Crippen LogP contribution < -0.4 is 0 Å².